The lowest BCUT2D eigenvalue weighted by atomic mass is 10.1. The fourth-order valence-corrected chi connectivity index (χ4v) is 1.77. The molecule has 0 aliphatic heterocycles. The second-order valence-corrected chi connectivity index (χ2v) is 5.79. The number of aliphatic carboxylic acids is 1. The van der Waals surface area contributed by atoms with E-state index >= 15 is 0 Å². The number of rotatable bonds is 13. The average molecular weight is 320 g/mol. The zero-order valence-corrected chi connectivity index (χ0v) is 14.6. The van der Waals surface area contributed by atoms with E-state index in [0.717, 1.165) is 12.8 Å². The number of hydrogen-bond acceptors (Lipinski definition) is 4. The minimum atomic E-state index is -0.661. The summed E-state index contributed by atoms with van der Waals surface area (Å²) in [5.41, 5.74) is 0. The Morgan fingerprint density at radius 1 is 1.00 bits per heavy atom. The van der Waals surface area contributed by atoms with Gasteiger partial charge in [0.1, 0.15) is 0 Å². The van der Waals surface area contributed by atoms with Crippen molar-refractivity contribution in [1.82, 2.24) is 0 Å². The molecule has 0 heterocycles. The van der Waals surface area contributed by atoms with Gasteiger partial charge in [0.2, 0.25) is 0 Å². The Bertz CT molecular complexity index is 231. The molecule has 0 aliphatic rings. The molecule has 0 rings (SSSR count). The van der Waals surface area contributed by atoms with E-state index in [-0.39, 0.29) is 12.7 Å². The Hall–Kier alpha value is -0.650. The zero-order valence-electron chi connectivity index (χ0n) is 14.6. The van der Waals surface area contributed by atoms with Crippen molar-refractivity contribution < 1.29 is 24.9 Å². The van der Waals surface area contributed by atoms with Crippen LogP contribution in [0.1, 0.15) is 78.6 Å². The maximum Gasteiger partial charge on any atom is 0.303 e. The predicted molar refractivity (Wildman–Crippen MR) is 89.0 cm³/mol. The van der Waals surface area contributed by atoms with E-state index in [9.17, 15) is 4.79 Å². The monoisotopic (exact) mass is 320 g/mol. The van der Waals surface area contributed by atoms with E-state index in [2.05, 4.69) is 6.92 Å². The Balaban J connectivity index is 0. The molecule has 0 radical (unpaired) electrons. The number of ether oxygens (including phenoxy) is 1. The molecule has 0 saturated heterocycles. The molecule has 0 aliphatic carbocycles. The molecule has 0 spiro atoms. The van der Waals surface area contributed by atoms with Gasteiger partial charge in [-0.25, -0.2) is 0 Å². The molecule has 0 aromatic heterocycles. The topological polar surface area (TPSA) is 87.0 Å². The highest BCUT2D eigenvalue weighted by atomic mass is 16.5. The van der Waals surface area contributed by atoms with Crippen LogP contribution in [0.2, 0.25) is 0 Å². The molecule has 2 unspecified atom stereocenters. The van der Waals surface area contributed by atoms with Crippen LogP contribution in [0.4, 0.5) is 0 Å². The van der Waals surface area contributed by atoms with Gasteiger partial charge in [0.15, 0.2) is 0 Å². The van der Waals surface area contributed by atoms with Crippen LogP contribution in [0.5, 0.6) is 0 Å². The molecule has 3 N–H and O–H groups in total. The Kier molecular flexibility index (Phi) is 19.7. The van der Waals surface area contributed by atoms with Gasteiger partial charge in [0.25, 0.3) is 0 Å². The van der Waals surface area contributed by atoms with E-state index < -0.39 is 12.1 Å². The number of hydrogen-bond donors (Lipinski definition) is 3. The lowest BCUT2D eigenvalue weighted by molar-refractivity contribution is -0.137. The molecule has 5 heteroatoms. The minimum absolute atomic E-state index is 0.00667. The lowest BCUT2D eigenvalue weighted by Crippen LogP contribution is -2.19. The van der Waals surface area contributed by atoms with E-state index in [1.54, 1.807) is 13.8 Å². The van der Waals surface area contributed by atoms with Gasteiger partial charge in [0, 0.05) is 6.42 Å². The van der Waals surface area contributed by atoms with Crippen LogP contribution >= 0.6 is 0 Å². The minimum Gasteiger partial charge on any atom is -0.481 e. The summed E-state index contributed by atoms with van der Waals surface area (Å²) in [6, 6.07) is 0. The summed E-state index contributed by atoms with van der Waals surface area (Å²) in [7, 11) is 0. The Morgan fingerprint density at radius 3 is 1.91 bits per heavy atom. The van der Waals surface area contributed by atoms with Gasteiger partial charge in [-0.3, -0.25) is 4.79 Å². The van der Waals surface area contributed by atoms with E-state index in [4.69, 9.17) is 20.1 Å². The molecule has 0 saturated carbocycles. The predicted octanol–water partition coefficient (Wildman–Crippen LogP) is 3.37. The van der Waals surface area contributed by atoms with Gasteiger partial charge in [-0.15, -0.1) is 0 Å². The van der Waals surface area contributed by atoms with Crippen LogP contribution in [-0.4, -0.2) is 46.7 Å². The molecule has 22 heavy (non-hydrogen) atoms. The molecule has 2 atom stereocenters. The van der Waals surface area contributed by atoms with Crippen LogP contribution in [0, 0.1) is 0 Å². The maximum absolute atomic E-state index is 10.2. The number of carboxylic acids is 1. The molecule has 0 aromatic rings. The van der Waals surface area contributed by atoms with E-state index in [0.29, 0.717) is 13.0 Å². The van der Waals surface area contributed by atoms with Gasteiger partial charge in [0.05, 0.1) is 25.4 Å². The first kappa shape index (κ1) is 23.6. The number of aliphatic hydroxyl groups excluding tert-OH is 2. The third-order valence-electron chi connectivity index (χ3n) is 3.12. The van der Waals surface area contributed by atoms with Crippen LogP contribution in [0.25, 0.3) is 0 Å². The second-order valence-electron chi connectivity index (χ2n) is 5.79. The molecular formula is C17H36O5. The van der Waals surface area contributed by atoms with Crippen molar-refractivity contribution >= 4 is 5.97 Å². The van der Waals surface area contributed by atoms with Crippen molar-refractivity contribution in [3.05, 3.63) is 0 Å². The summed E-state index contributed by atoms with van der Waals surface area (Å²) in [5, 5.41) is 25.5. The zero-order chi connectivity index (χ0) is 17.2. The van der Waals surface area contributed by atoms with Crippen LogP contribution < -0.4 is 0 Å². The average Bonchev–Trinajstić information content (AvgIpc) is 2.47. The number of carboxylic acid groups (broad SMARTS) is 1. The first-order valence-corrected chi connectivity index (χ1v) is 8.56. The SMILES string of the molecule is CC(O)COC(C)CO.CCCCCCCCCCC(=O)O. The molecule has 0 bridgehead atoms. The molecule has 134 valence electrons. The molecule has 0 fully saturated rings. The summed E-state index contributed by atoms with van der Waals surface area (Å²) in [6.45, 7) is 5.91. The van der Waals surface area contributed by atoms with Crippen molar-refractivity contribution in [3.8, 4) is 0 Å². The molecule has 0 amide bonds. The van der Waals surface area contributed by atoms with E-state index in [1.165, 1.54) is 38.5 Å². The number of unbranched alkanes of at least 4 members (excludes halogenated alkanes) is 7. The summed E-state index contributed by atoms with van der Waals surface area (Å²) >= 11 is 0. The van der Waals surface area contributed by atoms with Gasteiger partial charge in [-0.2, -0.15) is 0 Å². The third kappa shape index (κ3) is 24.4. The Morgan fingerprint density at radius 2 is 1.50 bits per heavy atom. The largest absolute Gasteiger partial charge is 0.481 e. The fraction of sp³-hybridized carbons (Fsp3) is 0.941. The van der Waals surface area contributed by atoms with Crippen molar-refractivity contribution in [2.45, 2.75) is 90.8 Å². The van der Waals surface area contributed by atoms with Crippen molar-refractivity contribution in [1.29, 1.82) is 0 Å². The standard InChI is InChI=1S/C11H22O2.C6H14O3/c1-2-3-4-5-6-7-8-9-10-11(12)13;1-5(8)4-9-6(2)3-7/h2-10H2,1H3,(H,12,13);5-8H,3-4H2,1-2H3. The van der Waals surface area contributed by atoms with Gasteiger partial charge in [-0.1, -0.05) is 51.9 Å². The van der Waals surface area contributed by atoms with Crippen molar-refractivity contribution in [2.24, 2.45) is 0 Å². The smallest absolute Gasteiger partial charge is 0.303 e. The molecule has 5 nitrogen and oxygen atoms in total. The summed E-state index contributed by atoms with van der Waals surface area (Å²) in [6.07, 6.45) is 9.44. The van der Waals surface area contributed by atoms with E-state index in [1.807, 2.05) is 0 Å². The highest BCUT2D eigenvalue weighted by molar-refractivity contribution is 5.66. The first-order chi connectivity index (χ1) is 10.4. The highest BCUT2D eigenvalue weighted by Crippen LogP contribution is 2.09. The summed E-state index contributed by atoms with van der Waals surface area (Å²) < 4.78 is 4.95. The van der Waals surface area contributed by atoms with Crippen molar-refractivity contribution in [2.75, 3.05) is 13.2 Å². The fourth-order valence-electron chi connectivity index (χ4n) is 1.77. The van der Waals surface area contributed by atoms with Gasteiger partial charge in [-0.05, 0) is 20.3 Å². The van der Waals surface area contributed by atoms with Gasteiger partial charge >= 0.3 is 5.97 Å². The molecule has 0 aromatic carbocycles. The van der Waals surface area contributed by atoms with Crippen LogP contribution in [0.3, 0.4) is 0 Å². The summed E-state index contributed by atoms with van der Waals surface area (Å²) in [5.74, 6) is -0.661. The highest BCUT2D eigenvalue weighted by Gasteiger charge is 2.00. The van der Waals surface area contributed by atoms with Crippen LogP contribution in [0.15, 0.2) is 0 Å². The van der Waals surface area contributed by atoms with Crippen molar-refractivity contribution in [3.63, 3.8) is 0 Å². The second kappa shape index (κ2) is 18.4. The maximum atomic E-state index is 10.2. The quantitative estimate of drug-likeness (QED) is 0.453. The normalized spacial score (nSPS) is 13.1. The molecular weight excluding hydrogens is 284 g/mol. The third-order valence-corrected chi connectivity index (χ3v) is 3.12. The number of carbonyl (C=O) groups is 1. The van der Waals surface area contributed by atoms with Gasteiger partial charge < -0.3 is 20.1 Å². The Labute approximate surface area is 135 Å². The number of aliphatic hydroxyl groups is 2. The lowest BCUT2D eigenvalue weighted by Gasteiger charge is -2.10. The summed E-state index contributed by atoms with van der Waals surface area (Å²) in [4.78, 5) is 10.2. The first-order valence-electron chi connectivity index (χ1n) is 8.56. The van der Waals surface area contributed by atoms with Crippen LogP contribution in [-0.2, 0) is 9.53 Å².